The van der Waals surface area contributed by atoms with Gasteiger partial charge in [-0.15, -0.1) is 0 Å². The third kappa shape index (κ3) is 4.59. The first-order chi connectivity index (χ1) is 16.0. The Hall–Kier alpha value is -3.71. The lowest BCUT2D eigenvalue weighted by atomic mass is 9.96. The number of allylic oxidation sites excluding steroid dienone is 2. The summed E-state index contributed by atoms with van der Waals surface area (Å²) in [5.74, 6) is 0.216. The van der Waals surface area contributed by atoms with Crippen LogP contribution >= 0.6 is 11.3 Å². The van der Waals surface area contributed by atoms with Crippen LogP contribution in [0.15, 0.2) is 81.7 Å². The largest absolute Gasteiger partial charge is 0.494 e. The van der Waals surface area contributed by atoms with Crippen LogP contribution in [0.1, 0.15) is 31.0 Å². The zero-order valence-corrected chi connectivity index (χ0v) is 19.5. The molecule has 168 valence electrons. The van der Waals surface area contributed by atoms with Crippen LogP contribution in [-0.4, -0.2) is 24.3 Å². The van der Waals surface area contributed by atoms with E-state index in [2.05, 4.69) is 4.99 Å². The van der Waals surface area contributed by atoms with Gasteiger partial charge < -0.3 is 9.47 Å². The number of hydrogen-bond donors (Lipinski definition) is 0. The van der Waals surface area contributed by atoms with Gasteiger partial charge in [0.25, 0.3) is 5.56 Å². The Morgan fingerprint density at radius 1 is 1.15 bits per heavy atom. The second kappa shape index (κ2) is 9.83. The molecule has 1 atom stereocenters. The maximum absolute atomic E-state index is 13.4. The van der Waals surface area contributed by atoms with Gasteiger partial charge in [0.2, 0.25) is 0 Å². The summed E-state index contributed by atoms with van der Waals surface area (Å²) < 4.78 is 12.7. The number of hydrogen-bond acceptors (Lipinski definition) is 6. The van der Waals surface area contributed by atoms with Gasteiger partial charge in [0.15, 0.2) is 4.80 Å². The van der Waals surface area contributed by atoms with Crippen molar-refractivity contribution in [2.75, 3.05) is 13.7 Å². The van der Waals surface area contributed by atoms with Crippen molar-refractivity contribution in [3.8, 4) is 5.75 Å². The van der Waals surface area contributed by atoms with Gasteiger partial charge in [-0.1, -0.05) is 66.0 Å². The van der Waals surface area contributed by atoms with Crippen molar-refractivity contribution in [1.82, 2.24) is 4.57 Å². The van der Waals surface area contributed by atoms with Crippen LogP contribution in [0.25, 0.3) is 12.2 Å². The van der Waals surface area contributed by atoms with Gasteiger partial charge in [-0.3, -0.25) is 9.36 Å². The van der Waals surface area contributed by atoms with Gasteiger partial charge in [-0.2, -0.15) is 0 Å². The van der Waals surface area contributed by atoms with E-state index in [-0.39, 0.29) is 5.56 Å². The zero-order valence-electron chi connectivity index (χ0n) is 18.6. The molecule has 4 rings (SSSR count). The number of aromatic nitrogens is 1. The second-order valence-electron chi connectivity index (χ2n) is 7.37. The number of benzene rings is 2. The number of carbonyl (C=O) groups is 1. The molecule has 0 saturated carbocycles. The molecule has 0 N–H and O–H groups in total. The number of ether oxygens (including phenoxy) is 2. The molecule has 1 aromatic heterocycles. The molecular formula is C26H24N2O4S. The zero-order chi connectivity index (χ0) is 23.4. The van der Waals surface area contributed by atoms with Crippen LogP contribution in [0.4, 0.5) is 0 Å². The lowest BCUT2D eigenvalue weighted by Gasteiger charge is -2.24. The summed E-state index contributed by atoms with van der Waals surface area (Å²) >= 11 is 1.30. The Bertz CT molecular complexity index is 1400. The highest BCUT2D eigenvalue weighted by atomic mass is 32.1. The molecule has 2 aromatic carbocycles. The van der Waals surface area contributed by atoms with Gasteiger partial charge in [0.05, 0.1) is 35.6 Å². The summed E-state index contributed by atoms with van der Waals surface area (Å²) in [6.07, 6.45) is 5.57. The maximum atomic E-state index is 13.4. The van der Waals surface area contributed by atoms with Crippen molar-refractivity contribution in [2.45, 2.75) is 19.9 Å². The highest BCUT2D eigenvalue weighted by Gasteiger charge is 2.33. The Morgan fingerprint density at radius 2 is 1.88 bits per heavy atom. The SMILES string of the molecule is CCOc1ccc([C@H]2C(C(=O)OC)=C(C)N=c3s/c(=C/C=C/c4ccccc4)c(=O)n32)cc1. The molecule has 2 heterocycles. The molecule has 0 bridgehead atoms. The highest BCUT2D eigenvalue weighted by Crippen LogP contribution is 2.31. The number of esters is 1. The molecule has 0 aliphatic carbocycles. The number of methoxy groups -OCH3 is 1. The molecule has 0 radical (unpaired) electrons. The second-order valence-corrected chi connectivity index (χ2v) is 8.38. The van der Waals surface area contributed by atoms with E-state index in [1.165, 1.54) is 18.4 Å². The third-order valence-corrected chi connectivity index (χ3v) is 6.27. The fourth-order valence-corrected chi connectivity index (χ4v) is 4.74. The van der Waals surface area contributed by atoms with Crippen LogP contribution in [0.2, 0.25) is 0 Å². The van der Waals surface area contributed by atoms with E-state index < -0.39 is 12.0 Å². The molecule has 0 saturated heterocycles. The predicted molar refractivity (Wildman–Crippen MR) is 130 cm³/mol. The highest BCUT2D eigenvalue weighted by molar-refractivity contribution is 7.07. The maximum Gasteiger partial charge on any atom is 0.338 e. The monoisotopic (exact) mass is 460 g/mol. The van der Waals surface area contributed by atoms with Gasteiger partial charge in [0, 0.05) is 0 Å². The molecule has 1 aliphatic rings. The van der Waals surface area contributed by atoms with Gasteiger partial charge >= 0.3 is 5.97 Å². The number of carbonyl (C=O) groups excluding carboxylic acids is 1. The average molecular weight is 461 g/mol. The van der Waals surface area contributed by atoms with Crippen molar-refractivity contribution in [2.24, 2.45) is 4.99 Å². The molecule has 1 aliphatic heterocycles. The molecule has 0 fully saturated rings. The fourth-order valence-electron chi connectivity index (χ4n) is 3.75. The predicted octanol–water partition coefficient (Wildman–Crippen LogP) is 3.47. The van der Waals surface area contributed by atoms with E-state index in [1.807, 2.05) is 73.7 Å². The smallest absolute Gasteiger partial charge is 0.338 e. The Labute approximate surface area is 195 Å². The Kier molecular flexibility index (Phi) is 6.70. The summed E-state index contributed by atoms with van der Waals surface area (Å²) in [6.45, 7) is 4.23. The van der Waals surface area contributed by atoms with E-state index in [1.54, 1.807) is 17.6 Å². The molecule has 3 aromatic rings. The Balaban J connectivity index is 1.83. The quantitative estimate of drug-likeness (QED) is 0.528. The summed E-state index contributed by atoms with van der Waals surface area (Å²) in [4.78, 5) is 31.2. The molecule has 0 amide bonds. The lowest BCUT2D eigenvalue weighted by Crippen LogP contribution is -2.39. The van der Waals surface area contributed by atoms with Crippen molar-refractivity contribution >= 4 is 29.5 Å². The summed E-state index contributed by atoms with van der Waals surface area (Å²) in [5, 5.41) is 0. The van der Waals surface area contributed by atoms with E-state index in [4.69, 9.17) is 9.47 Å². The van der Waals surface area contributed by atoms with E-state index in [9.17, 15) is 9.59 Å². The van der Waals surface area contributed by atoms with Crippen molar-refractivity contribution in [1.29, 1.82) is 0 Å². The topological polar surface area (TPSA) is 69.9 Å². The molecule has 7 heteroatoms. The number of thiazole rings is 1. The summed E-state index contributed by atoms with van der Waals surface area (Å²) in [5.41, 5.74) is 2.50. The molecule has 33 heavy (non-hydrogen) atoms. The van der Waals surface area contributed by atoms with Crippen molar-refractivity contribution in [3.63, 3.8) is 0 Å². The van der Waals surface area contributed by atoms with Crippen LogP contribution in [0.3, 0.4) is 0 Å². The standard InChI is InChI=1S/C26H24N2O4S/c1-4-32-20-15-13-19(14-16-20)23-22(25(30)31-3)17(2)27-26-28(23)24(29)21(33-26)12-8-11-18-9-6-5-7-10-18/h5-16,23H,4H2,1-3H3/b11-8+,21-12+/t23-/m0/s1. The molecular weight excluding hydrogens is 436 g/mol. The molecule has 6 nitrogen and oxygen atoms in total. The average Bonchev–Trinajstić information content (AvgIpc) is 3.14. The van der Waals surface area contributed by atoms with Crippen LogP contribution in [0, 0.1) is 0 Å². The first-order valence-electron chi connectivity index (χ1n) is 10.6. The van der Waals surface area contributed by atoms with Gasteiger partial charge in [-0.05, 0) is 43.2 Å². The van der Waals surface area contributed by atoms with Crippen LogP contribution in [0.5, 0.6) is 5.75 Å². The third-order valence-electron chi connectivity index (χ3n) is 5.27. The Morgan fingerprint density at radius 3 is 2.55 bits per heavy atom. The molecule has 0 spiro atoms. The van der Waals surface area contributed by atoms with Crippen molar-refractivity contribution < 1.29 is 14.3 Å². The lowest BCUT2D eigenvalue weighted by molar-refractivity contribution is -0.136. The van der Waals surface area contributed by atoms with Crippen LogP contribution in [-0.2, 0) is 9.53 Å². The normalized spacial score (nSPS) is 16.0. The minimum Gasteiger partial charge on any atom is -0.494 e. The summed E-state index contributed by atoms with van der Waals surface area (Å²) in [6, 6.07) is 16.6. The van der Waals surface area contributed by atoms with Gasteiger partial charge in [-0.25, -0.2) is 9.79 Å². The molecule has 0 unspecified atom stereocenters. The minimum atomic E-state index is -0.635. The van der Waals surface area contributed by atoms with Crippen molar-refractivity contribution in [3.05, 3.63) is 103 Å². The van der Waals surface area contributed by atoms with E-state index >= 15 is 0 Å². The van der Waals surface area contributed by atoms with Gasteiger partial charge in [0.1, 0.15) is 5.75 Å². The number of fused-ring (bicyclic) bond motifs is 1. The first kappa shape index (κ1) is 22.5. The van der Waals surface area contributed by atoms with E-state index in [0.29, 0.717) is 27.2 Å². The van der Waals surface area contributed by atoms with E-state index in [0.717, 1.165) is 16.9 Å². The van der Waals surface area contributed by atoms with Crippen LogP contribution < -0.4 is 19.6 Å². The summed E-state index contributed by atoms with van der Waals surface area (Å²) in [7, 11) is 1.33. The number of nitrogens with zero attached hydrogens (tertiary/aromatic N) is 2. The first-order valence-corrected chi connectivity index (χ1v) is 11.4. The minimum absolute atomic E-state index is 0.204. The number of rotatable bonds is 6. The fraction of sp³-hybridized carbons (Fsp3) is 0.192.